The van der Waals surface area contributed by atoms with Crippen LogP contribution in [0, 0.1) is 5.92 Å². The van der Waals surface area contributed by atoms with Crippen LogP contribution in [0.5, 0.6) is 0 Å². The molecular formula is C10H14O4. The van der Waals surface area contributed by atoms with Gasteiger partial charge >= 0.3 is 11.9 Å². The van der Waals surface area contributed by atoms with Gasteiger partial charge in [0.15, 0.2) is 5.60 Å². The molecule has 0 bridgehead atoms. The van der Waals surface area contributed by atoms with E-state index in [9.17, 15) is 9.59 Å². The van der Waals surface area contributed by atoms with Crippen LogP contribution in [0.2, 0.25) is 0 Å². The van der Waals surface area contributed by atoms with E-state index in [1.54, 1.807) is 0 Å². The molecule has 2 aliphatic heterocycles. The van der Waals surface area contributed by atoms with Crippen LogP contribution in [0.15, 0.2) is 0 Å². The zero-order valence-electron chi connectivity index (χ0n) is 8.62. The maximum absolute atomic E-state index is 11.5. The van der Waals surface area contributed by atoms with Gasteiger partial charge in [-0.1, -0.05) is 6.92 Å². The number of esters is 2. The van der Waals surface area contributed by atoms with Crippen molar-refractivity contribution in [2.24, 2.45) is 5.92 Å². The fourth-order valence-electron chi connectivity index (χ4n) is 2.79. The molecule has 14 heavy (non-hydrogen) atoms. The van der Waals surface area contributed by atoms with Crippen LogP contribution in [0.1, 0.15) is 33.6 Å². The Morgan fingerprint density at radius 3 is 2.43 bits per heavy atom. The third kappa shape index (κ3) is 0.974. The van der Waals surface area contributed by atoms with E-state index in [-0.39, 0.29) is 17.9 Å². The number of carbonyl (C=O) groups is 2. The second-order valence-electron chi connectivity index (χ2n) is 4.49. The maximum atomic E-state index is 11.5. The molecular weight excluding hydrogens is 184 g/mol. The first-order chi connectivity index (χ1) is 6.42. The van der Waals surface area contributed by atoms with Gasteiger partial charge in [-0.2, -0.15) is 0 Å². The monoisotopic (exact) mass is 198 g/mol. The van der Waals surface area contributed by atoms with Crippen LogP contribution >= 0.6 is 0 Å². The van der Waals surface area contributed by atoms with Crippen molar-refractivity contribution < 1.29 is 19.1 Å². The first kappa shape index (κ1) is 9.65. The summed E-state index contributed by atoms with van der Waals surface area (Å²) in [5, 5.41) is 0. The molecule has 2 heterocycles. The van der Waals surface area contributed by atoms with Crippen LogP contribution in [0.25, 0.3) is 0 Å². The number of rotatable bonds is 1. The van der Waals surface area contributed by atoms with Crippen molar-refractivity contribution in [3.63, 3.8) is 0 Å². The summed E-state index contributed by atoms with van der Waals surface area (Å²) in [5.74, 6) is -0.897. The molecule has 0 radical (unpaired) electrons. The smallest absolute Gasteiger partial charge is 0.347 e. The van der Waals surface area contributed by atoms with E-state index in [1.807, 2.05) is 20.8 Å². The van der Waals surface area contributed by atoms with Crippen molar-refractivity contribution in [3.05, 3.63) is 0 Å². The number of cyclic esters (lactones) is 2. The Morgan fingerprint density at radius 1 is 1.43 bits per heavy atom. The van der Waals surface area contributed by atoms with Gasteiger partial charge in [-0.25, -0.2) is 4.79 Å². The molecule has 0 aromatic heterocycles. The summed E-state index contributed by atoms with van der Waals surface area (Å²) in [6, 6.07) is 0. The molecule has 2 unspecified atom stereocenters. The fraction of sp³-hybridized carbons (Fsp3) is 0.800. The van der Waals surface area contributed by atoms with Crippen molar-refractivity contribution in [2.45, 2.75) is 44.8 Å². The Kier molecular flexibility index (Phi) is 1.77. The van der Waals surface area contributed by atoms with Gasteiger partial charge < -0.3 is 9.47 Å². The normalized spacial score (nSPS) is 39.8. The zero-order chi connectivity index (χ0) is 10.6. The summed E-state index contributed by atoms with van der Waals surface area (Å²) in [4.78, 5) is 22.5. The third-order valence-electron chi connectivity index (χ3n) is 3.21. The Labute approximate surface area is 82.6 Å². The lowest BCUT2D eigenvalue weighted by molar-refractivity contribution is -0.293. The van der Waals surface area contributed by atoms with Gasteiger partial charge in [0.25, 0.3) is 0 Å². The highest BCUT2D eigenvalue weighted by Crippen LogP contribution is 2.53. The fourth-order valence-corrected chi connectivity index (χ4v) is 2.79. The average Bonchev–Trinajstić information content (AvgIpc) is 2.26. The molecule has 0 aliphatic carbocycles. The minimum Gasteiger partial charge on any atom is -0.391 e. The average molecular weight is 198 g/mol. The molecule has 78 valence electrons. The van der Waals surface area contributed by atoms with E-state index in [4.69, 9.17) is 4.74 Å². The lowest BCUT2D eigenvalue weighted by Gasteiger charge is -2.55. The first-order valence-electron chi connectivity index (χ1n) is 4.87. The van der Waals surface area contributed by atoms with Gasteiger partial charge in [-0.15, -0.1) is 0 Å². The number of carbonyl (C=O) groups excluding carboxylic acids is 2. The standard InChI is InChI=1S/C10H14O4/c1-4-6-9(2,3)14-10(6)5-7(11)13-8(10)12/h6H,4-5H2,1-3H3. The predicted octanol–water partition coefficient (Wildman–Crippen LogP) is 1.03. The second-order valence-corrected chi connectivity index (χ2v) is 4.49. The van der Waals surface area contributed by atoms with Crippen molar-refractivity contribution in [1.29, 1.82) is 0 Å². The molecule has 4 heteroatoms. The van der Waals surface area contributed by atoms with Crippen LogP contribution in [0.4, 0.5) is 0 Å². The summed E-state index contributed by atoms with van der Waals surface area (Å²) >= 11 is 0. The molecule has 2 atom stereocenters. The van der Waals surface area contributed by atoms with Crippen LogP contribution in [-0.4, -0.2) is 23.1 Å². The summed E-state index contributed by atoms with van der Waals surface area (Å²) in [7, 11) is 0. The van der Waals surface area contributed by atoms with Gasteiger partial charge in [0.1, 0.15) is 0 Å². The highest BCUT2D eigenvalue weighted by molar-refractivity contribution is 6.00. The zero-order valence-corrected chi connectivity index (χ0v) is 8.62. The van der Waals surface area contributed by atoms with Gasteiger partial charge in [0, 0.05) is 5.92 Å². The van der Waals surface area contributed by atoms with Gasteiger partial charge in [0.2, 0.25) is 0 Å². The Morgan fingerprint density at radius 2 is 2.07 bits per heavy atom. The number of ether oxygens (including phenoxy) is 2. The second kappa shape index (κ2) is 2.57. The van der Waals surface area contributed by atoms with E-state index in [2.05, 4.69) is 4.74 Å². The number of hydrogen-bond acceptors (Lipinski definition) is 4. The lowest BCUT2D eigenvalue weighted by Crippen LogP contribution is -2.67. The molecule has 0 N–H and O–H groups in total. The molecule has 2 fully saturated rings. The third-order valence-corrected chi connectivity index (χ3v) is 3.21. The van der Waals surface area contributed by atoms with Crippen LogP contribution < -0.4 is 0 Å². The summed E-state index contributed by atoms with van der Waals surface area (Å²) in [6.45, 7) is 5.86. The number of hydrogen-bond donors (Lipinski definition) is 0. The van der Waals surface area contributed by atoms with Gasteiger partial charge in [-0.3, -0.25) is 4.79 Å². The lowest BCUT2D eigenvalue weighted by atomic mass is 9.67. The molecule has 0 aromatic rings. The Balaban J connectivity index is 2.28. The van der Waals surface area contributed by atoms with E-state index < -0.39 is 17.5 Å². The molecule has 0 aromatic carbocycles. The van der Waals surface area contributed by atoms with E-state index in [1.165, 1.54) is 0 Å². The van der Waals surface area contributed by atoms with E-state index >= 15 is 0 Å². The molecule has 1 spiro atoms. The highest BCUT2D eigenvalue weighted by Gasteiger charge is 2.68. The topological polar surface area (TPSA) is 52.6 Å². The van der Waals surface area contributed by atoms with Crippen LogP contribution in [-0.2, 0) is 19.1 Å². The largest absolute Gasteiger partial charge is 0.391 e. The molecule has 2 aliphatic rings. The minimum atomic E-state index is -0.963. The maximum Gasteiger partial charge on any atom is 0.347 e. The van der Waals surface area contributed by atoms with Gasteiger partial charge in [-0.05, 0) is 20.3 Å². The van der Waals surface area contributed by atoms with Crippen LogP contribution in [0.3, 0.4) is 0 Å². The predicted molar refractivity (Wildman–Crippen MR) is 47.4 cm³/mol. The molecule has 0 saturated carbocycles. The molecule has 4 nitrogen and oxygen atoms in total. The van der Waals surface area contributed by atoms with Gasteiger partial charge in [0.05, 0.1) is 12.0 Å². The van der Waals surface area contributed by atoms with Crippen molar-refractivity contribution >= 4 is 11.9 Å². The molecule has 2 rings (SSSR count). The SMILES string of the molecule is CCC1C(C)(C)OC12CC(=O)OC2=O. The summed E-state index contributed by atoms with van der Waals surface area (Å²) in [5.41, 5.74) is -1.28. The van der Waals surface area contributed by atoms with E-state index in [0.29, 0.717) is 0 Å². The first-order valence-corrected chi connectivity index (χ1v) is 4.87. The molecule has 0 amide bonds. The Hall–Kier alpha value is -0.900. The molecule has 2 saturated heterocycles. The van der Waals surface area contributed by atoms with Crippen molar-refractivity contribution in [2.75, 3.05) is 0 Å². The Bertz CT molecular complexity index is 307. The quantitative estimate of drug-likeness (QED) is 0.466. The summed E-state index contributed by atoms with van der Waals surface area (Å²) in [6.07, 6.45) is 0.892. The minimum absolute atomic E-state index is 0.0772. The highest BCUT2D eigenvalue weighted by atomic mass is 16.6. The van der Waals surface area contributed by atoms with Crippen molar-refractivity contribution in [1.82, 2.24) is 0 Å². The van der Waals surface area contributed by atoms with E-state index in [0.717, 1.165) is 6.42 Å². The van der Waals surface area contributed by atoms with Crippen molar-refractivity contribution in [3.8, 4) is 0 Å². The summed E-state index contributed by atoms with van der Waals surface area (Å²) < 4.78 is 10.1.